The van der Waals surface area contributed by atoms with Gasteiger partial charge in [-0.15, -0.1) is 0 Å². The average Bonchev–Trinajstić information content (AvgIpc) is 2.82. The van der Waals surface area contributed by atoms with E-state index in [2.05, 4.69) is 15.5 Å². The van der Waals surface area contributed by atoms with Gasteiger partial charge in [0.25, 0.3) is 0 Å². The monoisotopic (exact) mass is 303 g/mol. The highest BCUT2D eigenvalue weighted by Gasteiger charge is 2.29. The summed E-state index contributed by atoms with van der Waals surface area (Å²) >= 11 is 0. The fraction of sp³-hybridized carbons (Fsp3) is 0.588. The van der Waals surface area contributed by atoms with Gasteiger partial charge >= 0.3 is 0 Å². The highest BCUT2D eigenvalue weighted by atomic mass is 16.5. The first kappa shape index (κ1) is 15.3. The fourth-order valence-electron chi connectivity index (χ4n) is 3.47. The Hall–Kier alpha value is -1.59. The Kier molecular flexibility index (Phi) is 4.64. The molecule has 2 saturated heterocycles. The van der Waals surface area contributed by atoms with E-state index in [4.69, 9.17) is 4.74 Å². The van der Waals surface area contributed by atoms with Crippen LogP contribution in [-0.2, 0) is 4.79 Å². The highest BCUT2D eigenvalue weighted by Crippen LogP contribution is 2.25. The summed E-state index contributed by atoms with van der Waals surface area (Å²) in [4.78, 5) is 14.6. The molecule has 2 heterocycles. The van der Waals surface area contributed by atoms with Crippen LogP contribution in [0.15, 0.2) is 18.2 Å². The van der Waals surface area contributed by atoms with E-state index in [1.54, 1.807) is 7.11 Å². The summed E-state index contributed by atoms with van der Waals surface area (Å²) in [7, 11) is 1.62. The second-order valence-corrected chi connectivity index (χ2v) is 6.41. The molecule has 22 heavy (non-hydrogen) atoms. The van der Waals surface area contributed by atoms with E-state index in [0.29, 0.717) is 24.4 Å². The van der Waals surface area contributed by atoms with Gasteiger partial charge in [-0.05, 0) is 43.9 Å². The minimum atomic E-state index is 0.0293. The number of fused-ring (bicyclic) bond motifs is 2. The van der Waals surface area contributed by atoms with Crippen LogP contribution in [0.2, 0.25) is 0 Å². The third kappa shape index (κ3) is 3.59. The van der Waals surface area contributed by atoms with Crippen molar-refractivity contribution in [3.8, 4) is 5.75 Å². The number of nitrogens with zero attached hydrogens (tertiary/aromatic N) is 1. The number of likely N-dealkylation sites (tertiary alicyclic amines) is 1. The second-order valence-electron chi connectivity index (χ2n) is 6.41. The highest BCUT2D eigenvalue weighted by molar-refractivity contribution is 5.93. The lowest BCUT2D eigenvalue weighted by Gasteiger charge is -2.23. The van der Waals surface area contributed by atoms with Gasteiger partial charge in [-0.1, -0.05) is 6.07 Å². The quantitative estimate of drug-likeness (QED) is 0.890. The first-order valence-electron chi connectivity index (χ1n) is 8.07. The Morgan fingerprint density at radius 2 is 2.18 bits per heavy atom. The molecule has 5 nitrogen and oxygen atoms in total. The first-order valence-corrected chi connectivity index (χ1v) is 8.07. The largest absolute Gasteiger partial charge is 0.495 e. The topological polar surface area (TPSA) is 53.6 Å². The summed E-state index contributed by atoms with van der Waals surface area (Å²) in [5, 5.41) is 6.63. The van der Waals surface area contributed by atoms with Gasteiger partial charge in [-0.2, -0.15) is 0 Å². The molecule has 2 fully saturated rings. The van der Waals surface area contributed by atoms with Gasteiger partial charge in [0.05, 0.1) is 19.3 Å². The normalized spacial score (nSPS) is 24.8. The number of ether oxygens (including phenoxy) is 1. The third-order valence-corrected chi connectivity index (χ3v) is 4.60. The Bertz CT molecular complexity index is 547. The molecule has 2 N–H and O–H groups in total. The molecule has 3 rings (SSSR count). The van der Waals surface area contributed by atoms with Crippen molar-refractivity contribution in [1.82, 2.24) is 10.2 Å². The van der Waals surface area contributed by atoms with Crippen molar-refractivity contribution >= 4 is 11.6 Å². The third-order valence-electron chi connectivity index (χ3n) is 4.60. The van der Waals surface area contributed by atoms with Gasteiger partial charge in [0.2, 0.25) is 5.91 Å². The van der Waals surface area contributed by atoms with E-state index in [-0.39, 0.29) is 5.91 Å². The van der Waals surface area contributed by atoms with Crippen molar-refractivity contribution < 1.29 is 9.53 Å². The Balaban J connectivity index is 1.59. The summed E-state index contributed by atoms with van der Waals surface area (Å²) in [6.07, 6.45) is 3.65. The SMILES string of the molecule is COc1ccc(C)cc1NC(=O)CN1CCC2CCC(C1)N2. The molecule has 2 aliphatic rings. The van der Waals surface area contributed by atoms with Gasteiger partial charge in [0, 0.05) is 25.2 Å². The number of benzene rings is 1. The van der Waals surface area contributed by atoms with Crippen molar-refractivity contribution in [2.45, 2.75) is 38.3 Å². The number of aryl methyl sites for hydroxylation is 1. The minimum absolute atomic E-state index is 0.0293. The van der Waals surface area contributed by atoms with Crippen LogP contribution in [0.3, 0.4) is 0 Å². The van der Waals surface area contributed by atoms with Gasteiger partial charge < -0.3 is 15.4 Å². The van der Waals surface area contributed by atoms with Crippen LogP contribution in [0.5, 0.6) is 5.75 Å². The molecule has 1 amide bonds. The van der Waals surface area contributed by atoms with Crippen molar-refractivity contribution in [2.24, 2.45) is 0 Å². The molecule has 2 bridgehead atoms. The molecule has 1 aromatic rings. The molecule has 0 aromatic heterocycles. The molecule has 120 valence electrons. The molecule has 2 aliphatic heterocycles. The summed E-state index contributed by atoms with van der Waals surface area (Å²) in [5.41, 5.74) is 1.86. The number of carbonyl (C=O) groups is 1. The molecule has 0 spiro atoms. The molecule has 0 radical (unpaired) electrons. The maximum atomic E-state index is 12.3. The maximum absolute atomic E-state index is 12.3. The van der Waals surface area contributed by atoms with E-state index < -0.39 is 0 Å². The van der Waals surface area contributed by atoms with Crippen LogP contribution < -0.4 is 15.4 Å². The van der Waals surface area contributed by atoms with Gasteiger partial charge in [-0.25, -0.2) is 0 Å². The standard InChI is InChI=1S/C17H25N3O2/c1-12-3-6-16(22-2)15(9-12)19-17(21)11-20-8-7-13-4-5-14(10-20)18-13/h3,6,9,13-14,18H,4-5,7-8,10-11H2,1-2H3,(H,19,21). The van der Waals surface area contributed by atoms with E-state index >= 15 is 0 Å². The van der Waals surface area contributed by atoms with Crippen molar-refractivity contribution in [3.05, 3.63) is 23.8 Å². The Morgan fingerprint density at radius 3 is 3.00 bits per heavy atom. The summed E-state index contributed by atoms with van der Waals surface area (Å²) in [6.45, 7) is 4.41. The van der Waals surface area contributed by atoms with Crippen LogP contribution in [0, 0.1) is 6.92 Å². The van der Waals surface area contributed by atoms with Gasteiger partial charge in [0.1, 0.15) is 5.75 Å². The summed E-state index contributed by atoms with van der Waals surface area (Å²) in [5.74, 6) is 0.734. The maximum Gasteiger partial charge on any atom is 0.238 e. The number of methoxy groups -OCH3 is 1. The molecule has 5 heteroatoms. The second kappa shape index (κ2) is 6.67. The number of anilines is 1. The summed E-state index contributed by atoms with van der Waals surface area (Å²) in [6, 6.07) is 7.01. The summed E-state index contributed by atoms with van der Waals surface area (Å²) < 4.78 is 5.31. The molecule has 0 saturated carbocycles. The number of rotatable bonds is 4. The van der Waals surface area contributed by atoms with Gasteiger partial charge in [-0.3, -0.25) is 9.69 Å². The van der Waals surface area contributed by atoms with E-state index in [0.717, 1.165) is 30.8 Å². The number of hydrogen-bond donors (Lipinski definition) is 2. The number of amides is 1. The van der Waals surface area contributed by atoms with Crippen LogP contribution in [0.1, 0.15) is 24.8 Å². The van der Waals surface area contributed by atoms with Crippen molar-refractivity contribution in [2.75, 3.05) is 32.1 Å². The van der Waals surface area contributed by atoms with Crippen molar-refractivity contribution in [3.63, 3.8) is 0 Å². The lowest BCUT2D eigenvalue weighted by Crippen LogP contribution is -2.39. The number of hydrogen-bond acceptors (Lipinski definition) is 4. The smallest absolute Gasteiger partial charge is 0.238 e. The molecule has 2 unspecified atom stereocenters. The predicted molar refractivity (Wildman–Crippen MR) is 87.4 cm³/mol. The fourth-order valence-corrected chi connectivity index (χ4v) is 3.47. The molecular formula is C17H25N3O2. The molecular weight excluding hydrogens is 278 g/mol. The van der Waals surface area contributed by atoms with Crippen LogP contribution in [0.4, 0.5) is 5.69 Å². The van der Waals surface area contributed by atoms with Crippen LogP contribution in [0.25, 0.3) is 0 Å². The number of carbonyl (C=O) groups excluding carboxylic acids is 1. The van der Waals surface area contributed by atoms with E-state index in [1.807, 2.05) is 25.1 Å². The van der Waals surface area contributed by atoms with Gasteiger partial charge in [0.15, 0.2) is 0 Å². The molecule has 1 aromatic carbocycles. The zero-order valence-corrected chi connectivity index (χ0v) is 13.4. The Labute approximate surface area is 132 Å². The minimum Gasteiger partial charge on any atom is -0.495 e. The zero-order chi connectivity index (χ0) is 15.5. The lowest BCUT2D eigenvalue weighted by molar-refractivity contribution is -0.117. The zero-order valence-electron chi connectivity index (χ0n) is 13.4. The lowest BCUT2D eigenvalue weighted by atomic mass is 10.1. The van der Waals surface area contributed by atoms with Crippen molar-refractivity contribution in [1.29, 1.82) is 0 Å². The molecule has 0 aliphatic carbocycles. The van der Waals surface area contributed by atoms with Crippen LogP contribution in [-0.4, -0.2) is 49.6 Å². The predicted octanol–water partition coefficient (Wildman–Crippen LogP) is 1.77. The first-order chi connectivity index (χ1) is 10.6. The van der Waals surface area contributed by atoms with E-state index in [9.17, 15) is 4.79 Å². The van der Waals surface area contributed by atoms with Crippen LogP contribution >= 0.6 is 0 Å². The average molecular weight is 303 g/mol. The number of nitrogens with one attached hydrogen (secondary N) is 2. The molecule has 2 atom stereocenters. The van der Waals surface area contributed by atoms with E-state index in [1.165, 1.54) is 12.8 Å². The Morgan fingerprint density at radius 1 is 1.36 bits per heavy atom.